The average molecular weight is 452 g/mol. The van der Waals surface area contributed by atoms with Crippen molar-refractivity contribution in [2.45, 2.75) is 24.3 Å². The Morgan fingerprint density at radius 3 is 2.41 bits per heavy atom. The van der Waals surface area contributed by atoms with Gasteiger partial charge in [0.2, 0.25) is 0 Å². The van der Waals surface area contributed by atoms with Crippen molar-refractivity contribution in [3.63, 3.8) is 0 Å². The molecule has 166 valence electrons. The van der Waals surface area contributed by atoms with Gasteiger partial charge in [-0.2, -0.15) is 0 Å². The van der Waals surface area contributed by atoms with Gasteiger partial charge in [-0.05, 0) is 60.0 Å². The molecule has 1 heterocycles. The lowest BCUT2D eigenvalue weighted by atomic mass is 10.0. The molecule has 1 amide bonds. The first-order chi connectivity index (χ1) is 15.3. The van der Waals surface area contributed by atoms with Crippen molar-refractivity contribution in [2.75, 3.05) is 19.4 Å². The molecule has 0 saturated heterocycles. The summed E-state index contributed by atoms with van der Waals surface area (Å²) >= 11 is 0. The van der Waals surface area contributed by atoms with Gasteiger partial charge in [0, 0.05) is 12.7 Å². The van der Waals surface area contributed by atoms with Crippen molar-refractivity contribution < 1.29 is 22.7 Å². The van der Waals surface area contributed by atoms with Gasteiger partial charge in [0.15, 0.2) is 16.4 Å². The number of fused-ring (bicyclic) bond motifs is 1. The van der Waals surface area contributed by atoms with E-state index >= 15 is 0 Å². The Bertz CT molecular complexity index is 1220. The predicted octanol–water partition coefficient (Wildman–Crippen LogP) is 3.56. The van der Waals surface area contributed by atoms with Crippen LogP contribution in [0.3, 0.4) is 0 Å². The second-order valence-corrected chi connectivity index (χ2v) is 9.98. The Morgan fingerprint density at radius 1 is 1.03 bits per heavy atom. The van der Waals surface area contributed by atoms with Crippen molar-refractivity contribution in [1.29, 1.82) is 0 Å². The van der Waals surface area contributed by atoms with Gasteiger partial charge in [-0.15, -0.1) is 0 Å². The fourth-order valence-corrected chi connectivity index (χ4v) is 4.20. The molecule has 0 spiro atoms. The first-order valence-corrected chi connectivity index (χ1v) is 12.2. The van der Waals surface area contributed by atoms with E-state index in [2.05, 4.69) is 5.32 Å². The predicted molar refractivity (Wildman–Crippen MR) is 123 cm³/mol. The van der Waals surface area contributed by atoms with Crippen LogP contribution >= 0.6 is 0 Å². The highest BCUT2D eigenvalue weighted by atomic mass is 32.2. The number of aryl methyl sites for hydroxylation is 1. The normalized spacial score (nSPS) is 15.0. The van der Waals surface area contributed by atoms with Gasteiger partial charge in [-0.25, -0.2) is 8.42 Å². The molecule has 4 rings (SSSR count). The van der Waals surface area contributed by atoms with Gasteiger partial charge in [-0.1, -0.05) is 35.9 Å². The van der Waals surface area contributed by atoms with Crippen LogP contribution in [0.4, 0.5) is 0 Å². The second-order valence-electron chi connectivity index (χ2n) is 7.97. The zero-order valence-electron chi connectivity index (χ0n) is 18.0. The Kier molecular flexibility index (Phi) is 6.19. The number of amides is 1. The van der Waals surface area contributed by atoms with Crippen LogP contribution < -0.4 is 14.8 Å². The molecule has 0 aliphatic carbocycles. The van der Waals surface area contributed by atoms with E-state index in [0.717, 1.165) is 28.0 Å². The van der Waals surface area contributed by atoms with E-state index in [1.807, 2.05) is 49.4 Å². The molecule has 0 bridgehead atoms. The molecule has 1 aliphatic heterocycles. The first-order valence-electron chi connectivity index (χ1n) is 10.3. The number of rotatable bonds is 7. The average Bonchev–Trinajstić information content (AvgIpc) is 3.19. The third-order valence-electron chi connectivity index (χ3n) is 5.34. The summed E-state index contributed by atoms with van der Waals surface area (Å²) in [5.41, 5.74) is 4.12. The Hall–Kier alpha value is -3.32. The third kappa shape index (κ3) is 5.29. The van der Waals surface area contributed by atoms with E-state index in [1.54, 1.807) is 24.3 Å². The molecule has 1 unspecified atom stereocenters. The number of benzene rings is 3. The van der Waals surface area contributed by atoms with Crippen LogP contribution in [0.25, 0.3) is 11.1 Å². The minimum atomic E-state index is -3.22. The summed E-state index contributed by atoms with van der Waals surface area (Å²) in [6, 6.07) is 20.3. The Balaban J connectivity index is 1.31. The number of sulfone groups is 1. The second kappa shape index (κ2) is 9.04. The summed E-state index contributed by atoms with van der Waals surface area (Å²) in [6.45, 7) is 2.34. The Labute approximate surface area is 188 Å². The summed E-state index contributed by atoms with van der Waals surface area (Å²) in [5.74, 6) is 1.26. The molecular weight excluding hydrogens is 426 g/mol. The Morgan fingerprint density at radius 2 is 1.72 bits per heavy atom. The zero-order chi connectivity index (χ0) is 22.7. The largest absolute Gasteiger partial charge is 0.488 e. The minimum Gasteiger partial charge on any atom is -0.488 e. The third-order valence-corrected chi connectivity index (χ3v) is 6.46. The molecule has 1 N–H and O–H groups in total. The number of carbonyl (C=O) groups excluding carboxylic acids is 1. The van der Waals surface area contributed by atoms with E-state index in [9.17, 15) is 13.2 Å². The maximum atomic E-state index is 12.1. The molecule has 7 heteroatoms. The SMILES string of the molecule is Cc1ccc(OCC(=O)NCC2Cc3cc(-c4ccc(S(C)(=O)=O)cc4)ccc3O2)cc1. The van der Waals surface area contributed by atoms with Crippen molar-refractivity contribution in [1.82, 2.24) is 5.32 Å². The summed E-state index contributed by atoms with van der Waals surface area (Å²) in [5, 5.41) is 2.86. The van der Waals surface area contributed by atoms with Crippen LogP contribution in [-0.2, 0) is 21.1 Å². The van der Waals surface area contributed by atoms with Gasteiger partial charge in [0.25, 0.3) is 5.91 Å². The summed E-state index contributed by atoms with van der Waals surface area (Å²) < 4.78 is 34.8. The fraction of sp³-hybridized carbons (Fsp3) is 0.240. The standard InChI is InChI=1S/C25H25NO5S/c1-17-3-8-21(9-4-17)30-16-25(27)26-15-22-14-20-13-19(7-12-24(20)31-22)18-5-10-23(11-6-18)32(2,28)29/h3-13,22H,14-16H2,1-2H3,(H,26,27). The molecule has 0 fully saturated rings. The maximum absolute atomic E-state index is 12.1. The fourth-order valence-electron chi connectivity index (χ4n) is 3.57. The van der Waals surface area contributed by atoms with E-state index in [-0.39, 0.29) is 18.6 Å². The van der Waals surface area contributed by atoms with E-state index in [0.29, 0.717) is 23.6 Å². The number of hydrogen-bond acceptors (Lipinski definition) is 5. The van der Waals surface area contributed by atoms with Gasteiger partial charge in [0.05, 0.1) is 11.4 Å². The van der Waals surface area contributed by atoms with Crippen LogP contribution in [0.5, 0.6) is 11.5 Å². The maximum Gasteiger partial charge on any atom is 0.258 e. The van der Waals surface area contributed by atoms with E-state index in [1.165, 1.54) is 6.26 Å². The molecule has 1 aliphatic rings. The molecule has 0 saturated carbocycles. The smallest absolute Gasteiger partial charge is 0.258 e. The summed E-state index contributed by atoms with van der Waals surface area (Å²) in [4.78, 5) is 12.4. The molecule has 3 aromatic carbocycles. The molecule has 32 heavy (non-hydrogen) atoms. The van der Waals surface area contributed by atoms with Crippen LogP contribution in [-0.4, -0.2) is 39.8 Å². The van der Waals surface area contributed by atoms with Gasteiger partial charge in [0.1, 0.15) is 17.6 Å². The van der Waals surface area contributed by atoms with Crippen LogP contribution in [0, 0.1) is 6.92 Å². The highest BCUT2D eigenvalue weighted by Crippen LogP contribution is 2.33. The topological polar surface area (TPSA) is 81.7 Å². The minimum absolute atomic E-state index is 0.0453. The van der Waals surface area contributed by atoms with Gasteiger partial charge < -0.3 is 14.8 Å². The van der Waals surface area contributed by atoms with Crippen LogP contribution in [0.15, 0.2) is 71.6 Å². The highest BCUT2D eigenvalue weighted by molar-refractivity contribution is 7.90. The summed E-state index contributed by atoms with van der Waals surface area (Å²) in [7, 11) is -3.22. The first kappa shape index (κ1) is 21.9. The van der Waals surface area contributed by atoms with E-state index in [4.69, 9.17) is 9.47 Å². The number of nitrogens with one attached hydrogen (secondary N) is 1. The summed E-state index contributed by atoms with van der Waals surface area (Å²) in [6.07, 6.45) is 1.74. The quantitative estimate of drug-likeness (QED) is 0.594. The van der Waals surface area contributed by atoms with Crippen molar-refractivity contribution in [3.05, 3.63) is 77.9 Å². The molecule has 3 aromatic rings. The number of ether oxygens (including phenoxy) is 2. The monoisotopic (exact) mass is 451 g/mol. The molecule has 0 radical (unpaired) electrons. The number of carbonyl (C=O) groups is 1. The lowest BCUT2D eigenvalue weighted by Crippen LogP contribution is -2.37. The zero-order valence-corrected chi connectivity index (χ0v) is 18.8. The van der Waals surface area contributed by atoms with Crippen LogP contribution in [0.2, 0.25) is 0 Å². The highest BCUT2D eigenvalue weighted by Gasteiger charge is 2.24. The van der Waals surface area contributed by atoms with Gasteiger partial charge >= 0.3 is 0 Å². The van der Waals surface area contributed by atoms with Crippen molar-refractivity contribution >= 4 is 15.7 Å². The lowest BCUT2D eigenvalue weighted by molar-refractivity contribution is -0.123. The van der Waals surface area contributed by atoms with Gasteiger partial charge in [-0.3, -0.25) is 4.79 Å². The lowest BCUT2D eigenvalue weighted by Gasteiger charge is -2.12. The molecular formula is C25H25NO5S. The van der Waals surface area contributed by atoms with Crippen molar-refractivity contribution in [2.24, 2.45) is 0 Å². The van der Waals surface area contributed by atoms with E-state index < -0.39 is 9.84 Å². The molecule has 6 nitrogen and oxygen atoms in total. The van der Waals surface area contributed by atoms with Crippen molar-refractivity contribution in [3.8, 4) is 22.6 Å². The number of hydrogen-bond donors (Lipinski definition) is 1. The molecule has 0 aromatic heterocycles. The molecule has 1 atom stereocenters. The van der Waals surface area contributed by atoms with Crippen LogP contribution in [0.1, 0.15) is 11.1 Å².